The van der Waals surface area contributed by atoms with Crippen molar-refractivity contribution in [2.45, 2.75) is 50.5 Å². The lowest BCUT2D eigenvalue weighted by molar-refractivity contribution is -0.234. The van der Waals surface area contributed by atoms with Crippen molar-refractivity contribution in [3.63, 3.8) is 0 Å². The van der Waals surface area contributed by atoms with Crippen LogP contribution in [0.15, 0.2) is 66.9 Å². The molecule has 0 radical (unpaired) electrons. The number of alkyl halides is 3. The lowest BCUT2D eigenvalue weighted by atomic mass is 9.76. The molecule has 0 bridgehead atoms. The number of aliphatic carboxylic acids is 1. The number of benzene rings is 3. The molecule has 0 saturated carbocycles. The molecule has 248 valence electrons. The highest BCUT2D eigenvalue weighted by atomic mass is 19.4. The topological polar surface area (TPSA) is 95.0 Å². The number of fused-ring (bicyclic) bond motifs is 2. The second-order valence-corrected chi connectivity index (χ2v) is 12.9. The van der Waals surface area contributed by atoms with E-state index in [4.69, 9.17) is 9.72 Å². The standard InChI is InChI=1S/C36H39F3N4O4/c1-42(2)21-24-7-4-10-29-27(24)12-16-40-32(29)30-11-5-8-26-23(6-3-9-28(26)30)20-31(33(44)45)41-34(46)35(36(37,38)39)14-17-43(18-15-35)25-13-19-47-22-25/h3-12,16,25,31H,13-15,17-22H2,1-2H3,(H,41,46)(H,44,45)/t25-,31-/m0/s1. The third kappa shape index (κ3) is 6.44. The van der Waals surface area contributed by atoms with Crippen LogP contribution in [0.1, 0.15) is 30.4 Å². The number of carbonyl (C=O) groups excluding carboxylic acids is 1. The van der Waals surface area contributed by atoms with E-state index < -0.39 is 42.4 Å². The molecule has 3 aromatic carbocycles. The number of aromatic nitrogens is 1. The Kier molecular flexibility index (Phi) is 9.24. The lowest BCUT2D eigenvalue weighted by Crippen LogP contribution is -2.60. The summed E-state index contributed by atoms with van der Waals surface area (Å²) in [6.07, 6.45) is -3.36. The summed E-state index contributed by atoms with van der Waals surface area (Å²) in [5, 5.41) is 16.1. The summed E-state index contributed by atoms with van der Waals surface area (Å²) in [7, 11) is 4.02. The number of halogens is 3. The van der Waals surface area contributed by atoms with Crippen LogP contribution in [0.3, 0.4) is 0 Å². The quantitative estimate of drug-likeness (QED) is 0.242. The average molecular weight is 649 g/mol. The van der Waals surface area contributed by atoms with E-state index in [1.807, 2.05) is 61.5 Å². The Balaban J connectivity index is 1.29. The van der Waals surface area contributed by atoms with E-state index in [1.54, 1.807) is 18.3 Å². The van der Waals surface area contributed by atoms with E-state index >= 15 is 0 Å². The van der Waals surface area contributed by atoms with Crippen molar-refractivity contribution in [2.24, 2.45) is 5.41 Å². The molecule has 2 atom stereocenters. The van der Waals surface area contributed by atoms with Gasteiger partial charge in [-0.25, -0.2) is 4.79 Å². The Morgan fingerprint density at radius 3 is 2.32 bits per heavy atom. The Morgan fingerprint density at radius 2 is 1.66 bits per heavy atom. The first-order valence-electron chi connectivity index (χ1n) is 15.9. The maximum absolute atomic E-state index is 14.6. The van der Waals surface area contributed by atoms with E-state index in [9.17, 15) is 27.9 Å². The molecular weight excluding hydrogens is 609 g/mol. The largest absolute Gasteiger partial charge is 0.480 e. The molecule has 11 heteroatoms. The number of carbonyl (C=O) groups is 2. The van der Waals surface area contributed by atoms with Crippen LogP contribution in [0.2, 0.25) is 0 Å². The number of pyridine rings is 1. The third-order valence-corrected chi connectivity index (χ3v) is 9.73. The molecule has 8 nitrogen and oxygen atoms in total. The van der Waals surface area contributed by atoms with Crippen LogP contribution >= 0.6 is 0 Å². The first kappa shape index (κ1) is 32.9. The van der Waals surface area contributed by atoms with Gasteiger partial charge in [-0.1, -0.05) is 54.6 Å². The minimum Gasteiger partial charge on any atom is -0.480 e. The number of carboxylic acid groups (broad SMARTS) is 1. The van der Waals surface area contributed by atoms with Crippen LogP contribution in [0, 0.1) is 5.41 Å². The van der Waals surface area contributed by atoms with Crippen LogP contribution in [0.25, 0.3) is 32.8 Å². The molecule has 0 aliphatic carbocycles. The average Bonchev–Trinajstić information content (AvgIpc) is 3.59. The molecule has 4 aromatic rings. The number of amides is 1. The number of carboxylic acids is 1. The van der Waals surface area contributed by atoms with Gasteiger partial charge in [0.1, 0.15) is 11.5 Å². The predicted octanol–water partition coefficient (Wildman–Crippen LogP) is 5.66. The van der Waals surface area contributed by atoms with Gasteiger partial charge in [-0.2, -0.15) is 13.2 Å². The zero-order chi connectivity index (χ0) is 33.3. The van der Waals surface area contributed by atoms with Crippen molar-refractivity contribution >= 4 is 33.4 Å². The predicted molar refractivity (Wildman–Crippen MR) is 174 cm³/mol. The van der Waals surface area contributed by atoms with E-state index in [-0.39, 0.29) is 25.6 Å². The Bertz CT molecular complexity index is 1780. The van der Waals surface area contributed by atoms with Crippen molar-refractivity contribution in [1.82, 2.24) is 20.1 Å². The van der Waals surface area contributed by atoms with Gasteiger partial charge < -0.3 is 20.1 Å². The molecule has 1 amide bonds. The van der Waals surface area contributed by atoms with Crippen LogP contribution in [0.5, 0.6) is 0 Å². The second kappa shape index (κ2) is 13.2. The maximum Gasteiger partial charge on any atom is 0.403 e. The minimum absolute atomic E-state index is 0.0384. The molecule has 2 saturated heterocycles. The van der Waals surface area contributed by atoms with Crippen LogP contribution in [-0.4, -0.2) is 90.4 Å². The van der Waals surface area contributed by atoms with Crippen LogP contribution in [-0.2, 0) is 27.3 Å². The number of piperidine rings is 1. The van der Waals surface area contributed by atoms with Gasteiger partial charge in [0.2, 0.25) is 5.91 Å². The van der Waals surface area contributed by atoms with Crippen molar-refractivity contribution in [2.75, 3.05) is 40.4 Å². The van der Waals surface area contributed by atoms with Gasteiger partial charge in [0.05, 0.1) is 12.3 Å². The van der Waals surface area contributed by atoms with Gasteiger partial charge in [0.25, 0.3) is 0 Å². The zero-order valence-corrected chi connectivity index (χ0v) is 26.5. The molecule has 2 N–H and O–H groups in total. The third-order valence-electron chi connectivity index (χ3n) is 9.73. The summed E-state index contributed by atoms with van der Waals surface area (Å²) in [6.45, 7) is 1.96. The number of hydrogen-bond acceptors (Lipinski definition) is 6. The first-order chi connectivity index (χ1) is 22.5. The molecule has 0 spiro atoms. The molecule has 2 fully saturated rings. The van der Waals surface area contributed by atoms with E-state index in [0.717, 1.165) is 51.3 Å². The number of nitrogens with zero attached hydrogens (tertiary/aromatic N) is 3. The monoisotopic (exact) mass is 648 g/mol. The van der Waals surface area contributed by atoms with Gasteiger partial charge in [-0.3, -0.25) is 14.7 Å². The van der Waals surface area contributed by atoms with Crippen LogP contribution in [0.4, 0.5) is 13.2 Å². The van der Waals surface area contributed by atoms with Crippen LogP contribution < -0.4 is 5.32 Å². The molecule has 3 heterocycles. The van der Waals surface area contributed by atoms with E-state index in [0.29, 0.717) is 18.8 Å². The molecule has 0 unspecified atom stereocenters. The Hall–Kier alpha value is -4.06. The number of nitrogens with one attached hydrogen (secondary N) is 1. The Labute approximate surface area is 271 Å². The number of likely N-dealkylation sites (tertiary alicyclic amines) is 1. The fourth-order valence-electron chi connectivity index (χ4n) is 7.16. The number of hydrogen-bond donors (Lipinski definition) is 2. The summed E-state index contributed by atoms with van der Waals surface area (Å²) in [5.41, 5.74) is 0.725. The smallest absolute Gasteiger partial charge is 0.403 e. The Morgan fingerprint density at radius 1 is 1.00 bits per heavy atom. The maximum atomic E-state index is 14.6. The highest BCUT2D eigenvalue weighted by Gasteiger charge is 2.61. The fraction of sp³-hybridized carbons (Fsp3) is 0.417. The first-order valence-corrected chi connectivity index (χ1v) is 15.9. The number of ether oxygens (including phenoxy) is 1. The molecule has 2 aliphatic rings. The summed E-state index contributed by atoms with van der Waals surface area (Å²) >= 11 is 0. The highest BCUT2D eigenvalue weighted by Crippen LogP contribution is 2.47. The number of rotatable bonds is 9. The molecule has 6 rings (SSSR count). The zero-order valence-electron chi connectivity index (χ0n) is 26.5. The lowest BCUT2D eigenvalue weighted by Gasteiger charge is -2.43. The molecular formula is C36H39F3N4O4. The fourth-order valence-corrected chi connectivity index (χ4v) is 7.16. The van der Waals surface area contributed by atoms with Gasteiger partial charge in [-0.05, 0) is 79.8 Å². The molecule has 2 aliphatic heterocycles. The SMILES string of the molecule is CN(C)Cc1cccc2c(-c3cccc4c(C[C@H](NC(=O)C5(C(F)(F)F)CCN([C@H]6CCOC6)CC5)C(=O)O)cccc34)nccc12. The van der Waals surface area contributed by atoms with Crippen molar-refractivity contribution < 1.29 is 32.6 Å². The van der Waals surface area contributed by atoms with Gasteiger partial charge in [-0.15, -0.1) is 0 Å². The van der Waals surface area contributed by atoms with Gasteiger partial charge in [0, 0.05) is 42.8 Å². The van der Waals surface area contributed by atoms with Crippen molar-refractivity contribution in [3.8, 4) is 11.3 Å². The highest BCUT2D eigenvalue weighted by molar-refractivity contribution is 6.05. The van der Waals surface area contributed by atoms with Crippen molar-refractivity contribution in [1.29, 1.82) is 0 Å². The minimum atomic E-state index is -4.83. The normalized spacial score (nSPS) is 19.3. The molecule has 1 aromatic heterocycles. The van der Waals surface area contributed by atoms with E-state index in [2.05, 4.69) is 16.3 Å². The summed E-state index contributed by atoms with van der Waals surface area (Å²) in [6, 6.07) is 17.7. The molecule has 47 heavy (non-hydrogen) atoms. The summed E-state index contributed by atoms with van der Waals surface area (Å²) < 4.78 is 49.1. The van der Waals surface area contributed by atoms with Gasteiger partial charge in [0.15, 0.2) is 0 Å². The second-order valence-electron chi connectivity index (χ2n) is 12.9. The summed E-state index contributed by atoms with van der Waals surface area (Å²) in [5.74, 6) is -2.68. The summed E-state index contributed by atoms with van der Waals surface area (Å²) in [4.78, 5) is 34.7. The van der Waals surface area contributed by atoms with Gasteiger partial charge >= 0.3 is 12.1 Å². The van der Waals surface area contributed by atoms with E-state index in [1.165, 1.54) is 0 Å². The van der Waals surface area contributed by atoms with Crippen molar-refractivity contribution in [3.05, 3.63) is 78.0 Å².